The van der Waals surface area contributed by atoms with Crippen molar-refractivity contribution in [2.45, 2.75) is 20.0 Å². The Bertz CT molecular complexity index is 612. The van der Waals surface area contributed by atoms with Crippen molar-refractivity contribution < 1.29 is 4.92 Å². The van der Waals surface area contributed by atoms with E-state index in [4.69, 9.17) is 0 Å². The molecular weight excluding hydrogens is 320 g/mol. The van der Waals surface area contributed by atoms with Crippen molar-refractivity contribution in [1.82, 2.24) is 5.32 Å². The van der Waals surface area contributed by atoms with Crippen LogP contribution in [-0.4, -0.2) is 4.92 Å². The lowest BCUT2D eigenvalue weighted by Crippen LogP contribution is -2.13. The number of nitro benzene ring substituents is 1. The summed E-state index contributed by atoms with van der Waals surface area (Å²) in [5, 5.41) is 14.1. The highest BCUT2D eigenvalue weighted by Gasteiger charge is 2.14. The topological polar surface area (TPSA) is 55.2 Å². The molecule has 4 nitrogen and oxygen atoms in total. The Morgan fingerprint density at radius 2 is 1.85 bits per heavy atom. The van der Waals surface area contributed by atoms with Gasteiger partial charge in [0.05, 0.1) is 9.40 Å². The maximum atomic E-state index is 10.9. The molecule has 0 saturated carbocycles. The SMILES string of the molecule is Cc1ccc(CNCc2cccc([N+](=O)[O-])c2Br)cc1. The molecule has 0 radical (unpaired) electrons. The molecule has 0 atom stereocenters. The third-order valence-electron chi connectivity index (χ3n) is 3.02. The molecule has 0 aromatic heterocycles. The van der Waals surface area contributed by atoms with E-state index < -0.39 is 0 Å². The number of nitro groups is 1. The highest BCUT2D eigenvalue weighted by Crippen LogP contribution is 2.28. The molecule has 2 rings (SSSR count). The molecule has 0 saturated heterocycles. The molecule has 0 aliphatic carbocycles. The van der Waals surface area contributed by atoms with E-state index in [-0.39, 0.29) is 10.6 Å². The summed E-state index contributed by atoms with van der Waals surface area (Å²) in [6.07, 6.45) is 0. The number of nitrogens with one attached hydrogen (secondary N) is 1. The van der Waals surface area contributed by atoms with Crippen LogP contribution in [0.25, 0.3) is 0 Å². The second-order valence-electron chi connectivity index (χ2n) is 4.60. The van der Waals surface area contributed by atoms with Gasteiger partial charge in [-0.25, -0.2) is 0 Å². The Hall–Kier alpha value is -1.72. The van der Waals surface area contributed by atoms with Gasteiger partial charge in [0.1, 0.15) is 0 Å². The third kappa shape index (κ3) is 3.65. The van der Waals surface area contributed by atoms with Crippen LogP contribution in [0.3, 0.4) is 0 Å². The molecule has 0 fully saturated rings. The largest absolute Gasteiger partial charge is 0.309 e. The minimum Gasteiger partial charge on any atom is -0.309 e. The van der Waals surface area contributed by atoms with Gasteiger partial charge in [-0.3, -0.25) is 10.1 Å². The van der Waals surface area contributed by atoms with Gasteiger partial charge in [-0.2, -0.15) is 0 Å². The third-order valence-corrected chi connectivity index (χ3v) is 3.94. The lowest BCUT2D eigenvalue weighted by molar-refractivity contribution is -0.385. The second-order valence-corrected chi connectivity index (χ2v) is 5.39. The van der Waals surface area contributed by atoms with Gasteiger partial charge in [-0.1, -0.05) is 42.0 Å². The number of rotatable bonds is 5. The summed E-state index contributed by atoms with van der Waals surface area (Å²) in [5.74, 6) is 0. The van der Waals surface area contributed by atoms with Crippen LogP contribution in [-0.2, 0) is 13.1 Å². The summed E-state index contributed by atoms with van der Waals surface area (Å²) in [7, 11) is 0. The van der Waals surface area contributed by atoms with Crippen molar-refractivity contribution in [3.63, 3.8) is 0 Å². The summed E-state index contributed by atoms with van der Waals surface area (Å²) in [4.78, 5) is 10.5. The van der Waals surface area contributed by atoms with E-state index in [2.05, 4.69) is 52.4 Å². The summed E-state index contributed by atoms with van der Waals surface area (Å²) in [6, 6.07) is 13.4. The molecule has 0 amide bonds. The van der Waals surface area contributed by atoms with Crippen LogP contribution in [0.15, 0.2) is 46.9 Å². The van der Waals surface area contributed by atoms with Crippen molar-refractivity contribution in [1.29, 1.82) is 0 Å². The minimum atomic E-state index is -0.381. The maximum absolute atomic E-state index is 10.9. The summed E-state index contributed by atoms with van der Waals surface area (Å²) < 4.78 is 0.543. The fourth-order valence-electron chi connectivity index (χ4n) is 1.89. The van der Waals surface area contributed by atoms with Crippen LogP contribution in [0, 0.1) is 17.0 Å². The van der Waals surface area contributed by atoms with E-state index in [1.165, 1.54) is 17.2 Å². The van der Waals surface area contributed by atoms with Gasteiger partial charge >= 0.3 is 0 Å². The van der Waals surface area contributed by atoms with Gasteiger partial charge in [0, 0.05) is 19.2 Å². The van der Waals surface area contributed by atoms with E-state index in [0.717, 1.165) is 12.1 Å². The maximum Gasteiger partial charge on any atom is 0.283 e. The fraction of sp³-hybridized carbons (Fsp3) is 0.200. The Labute approximate surface area is 126 Å². The zero-order chi connectivity index (χ0) is 14.5. The highest BCUT2D eigenvalue weighted by molar-refractivity contribution is 9.10. The van der Waals surface area contributed by atoms with Crippen LogP contribution >= 0.6 is 15.9 Å². The molecule has 2 aromatic rings. The molecule has 5 heteroatoms. The van der Waals surface area contributed by atoms with E-state index in [1.807, 2.05) is 6.07 Å². The van der Waals surface area contributed by atoms with Crippen molar-refractivity contribution in [2.75, 3.05) is 0 Å². The molecule has 0 spiro atoms. The zero-order valence-corrected chi connectivity index (χ0v) is 12.7. The van der Waals surface area contributed by atoms with Crippen molar-refractivity contribution in [2.24, 2.45) is 0 Å². The van der Waals surface area contributed by atoms with Gasteiger partial charge in [-0.15, -0.1) is 0 Å². The lowest BCUT2D eigenvalue weighted by atomic mass is 10.1. The normalized spacial score (nSPS) is 10.5. The number of hydrogen-bond acceptors (Lipinski definition) is 3. The van der Waals surface area contributed by atoms with E-state index in [1.54, 1.807) is 6.07 Å². The first-order valence-electron chi connectivity index (χ1n) is 6.26. The average molecular weight is 335 g/mol. The van der Waals surface area contributed by atoms with Crippen LogP contribution in [0.1, 0.15) is 16.7 Å². The Morgan fingerprint density at radius 3 is 2.50 bits per heavy atom. The van der Waals surface area contributed by atoms with Crippen LogP contribution < -0.4 is 5.32 Å². The zero-order valence-electron chi connectivity index (χ0n) is 11.1. The average Bonchev–Trinajstić information content (AvgIpc) is 2.42. The Balaban J connectivity index is 1.99. The smallest absolute Gasteiger partial charge is 0.283 e. The summed E-state index contributed by atoms with van der Waals surface area (Å²) >= 11 is 3.30. The molecule has 0 bridgehead atoms. The molecule has 20 heavy (non-hydrogen) atoms. The molecular formula is C15H15BrN2O2. The molecule has 1 N–H and O–H groups in total. The summed E-state index contributed by atoms with van der Waals surface area (Å²) in [6.45, 7) is 3.36. The fourth-order valence-corrected chi connectivity index (χ4v) is 2.44. The number of hydrogen-bond donors (Lipinski definition) is 1. The molecule has 104 valence electrons. The lowest BCUT2D eigenvalue weighted by Gasteiger charge is -2.07. The quantitative estimate of drug-likeness (QED) is 0.665. The first-order chi connectivity index (χ1) is 9.58. The van der Waals surface area contributed by atoms with Gasteiger partial charge in [0.15, 0.2) is 0 Å². The Morgan fingerprint density at radius 1 is 1.15 bits per heavy atom. The molecule has 0 unspecified atom stereocenters. The standard InChI is InChI=1S/C15H15BrN2O2/c1-11-5-7-12(8-6-11)9-17-10-13-3-2-4-14(15(13)16)18(19)20/h2-8,17H,9-10H2,1H3. The van der Waals surface area contributed by atoms with Crippen LogP contribution in [0.5, 0.6) is 0 Å². The first kappa shape index (κ1) is 14.7. The van der Waals surface area contributed by atoms with E-state index in [0.29, 0.717) is 11.0 Å². The number of aryl methyl sites for hydroxylation is 1. The van der Waals surface area contributed by atoms with E-state index in [9.17, 15) is 10.1 Å². The monoisotopic (exact) mass is 334 g/mol. The van der Waals surface area contributed by atoms with Gasteiger partial charge < -0.3 is 5.32 Å². The molecule has 0 aliphatic rings. The first-order valence-corrected chi connectivity index (χ1v) is 7.05. The number of nitrogens with zero attached hydrogens (tertiary/aromatic N) is 1. The molecule has 2 aromatic carbocycles. The van der Waals surface area contributed by atoms with E-state index >= 15 is 0 Å². The predicted molar refractivity (Wildman–Crippen MR) is 82.5 cm³/mol. The second kappa shape index (κ2) is 6.63. The minimum absolute atomic E-state index is 0.0969. The van der Waals surface area contributed by atoms with Gasteiger partial charge in [0.25, 0.3) is 5.69 Å². The van der Waals surface area contributed by atoms with Crippen LogP contribution in [0.4, 0.5) is 5.69 Å². The Kier molecular flexibility index (Phi) is 4.87. The summed E-state index contributed by atoms with van der Waals surface area (Å²) in [5.41, 5.74) is 3.40. The van der Waals surface area contributed by atoms with Crippen molar-refractivity contribution >= 4 is 21.6 Å². The molecule has 0 aliphatic heterocycles. The van der Waals surface area contributed by atoms with Gasteiger partial charge in [0.2, 0.25) is 0 Å². The van der Waals surface area contributed by atoms with Crippen molar-refractivity contribution in [3.8, 4) is 0 Å². The van der Waals surface area contributed by atoms with Crippen molar-refractivity contribution in [3.05, 3.63) is 73.7 Å². The molecule has 0 heterocycles. The van der Waals surface area contributed by atoms with Crippen LogP contribution in [0.2, 0.25) is 0 Å². The number of halogens is 1. The van der Waals surface area contributed by atoms with Gasteiger partial charge in [-0.05, 0) is 34.0 Å². The highest BCUT2D eigenvalue weighted by atomic mass is 79.9. The number of benzene rings is 2. The predicted octanol–water partition coefficient (Wildman–Crippen LogP) is 3.96.